The Kier molecular flexibility index (Phi) is 6.24. The summed E-state index contributed by atoms with van der Waals surface area (Å²) in [7, 11) is 1.64. The Labute approximate surface area is 101 Å². The molecule has 17 heavy (non-hydrogen) atoms. The molecule has 6 nitrogen and oxygen atoms in total. The highest BCUT2D eigenvalue weighted by molar-refractivity contribution is 5.75. The number of ether oxygens (including phenoxy) is 1. The van der Waals surface area contributed by atoms with Crippen molar-refractivity contribution in [2.24, 2.45) is 0 Å². The van der Waals surface area contributed by atoms with Gasteiger partial charge in [0, 0.05) is 13.5 Å². The third-order valence-corrected chi connectivity index (χ3v) is 2.33. The van der Waals surface area contributed by atoms with Crippen LogP contribution in [0.4, 0.5) is 0 Å². The fraction of sp³-hybridized carbons (Fsp3) is 0.727. The fourth-order valence-electron chi connectivity index (χ4n) is 1.33. The molecule has 1 amide bonds. The molecule has 1 rings (SSSR count). The van der Waals surface area contributed by atoms with Crippen molar-refractivity contribution in [1.82, 2.24) is 20.3 Å². The molecule has 0 aromatic carbocycles. The molecule has 0 atom stereocenters. The van der Waals surface area contributed by atoms with Gasteiger partial charge in [-0.05, 0) is 6.42 Å². The Bertz CT molecular complexity index is 338. The fourth-order valence-corrected chi connectivity index (χ4v) is 1.33. The van der Waals surface area contributed by atoms with Gasteiger partial charge in [-0.1, -0.05) is 18.6 Å². The van der Waals surface area contributed by atoms with Crippen molar-refractivity contribution in [3.63, 3.8) is 0 Å². The lowest BCUT2D eigenvalue weighted by atomic mass is 10.2. The van der Waals surface area contributed by atoms with Crippen LogP contribution in [0, 0.1) is 0 Å². The first-order chi connectivity index (χ1) is 8.26. The van der Waals surface area contributed by atoms with Gasteiger partial charge in [0.1, 0.15) is 5.69 Å². The zero-order valence-electron chi connectivity index (χ0n) is 10.5. The van der Waals surface area contributed by atoms with E-state index in [9.17, 15) is 4.79 Å². The molecule has 0 saturated heterocycles. The number of nitrogens with one attached hydrogen (secondary N) is 1. The van der Waals surface area contributed by atoms with E-state index < -0.39 is 0 Å². The van der Waals surface area contributed by atoms with E-state index in [0.29, 0.717) is 26.1 Å². The molecular formula is C11H20N4O2. The van der Waals surface area contributed by atoms with Crippen molar-refractivity contribution < 1.29 is 9.53 Å². The number of hydrogen-bond donors (Lipinski definition) is 1. The van der Waals surface area contributed by atoms with Crippen LogP contribution in [0.2, 0.25) is 0 Å². The summed E-state index contributed by atoms with van der Waals surface area (Å²) in [5, 5.41) is 10.7. The highest BCUT2D eigenvalue weighted by Gasteiger charge is 2.03. The van der Waals surface area contributed by atoms with E-state index in [1.54, 1.807) is 11.8 Å². The van der Waals surface area contributed by atoms with Crippen LogP contribution in [0.1, 0.15) is 31.9 Å². The van der Waals surface area contributed by atoms with E-state index in [-0.39, 0.29) is 5.91 Å². The Morgan fingerprint density at radius 2 is 2.41 bits per heavy atom. The highest BCUT2D eigenvalue weighted by atomic mass is 16.5. The first kappa shape index (κ1) is 13.6. The summed E-state index contributed by atoms with van der Waals surface area (Å²) in [4.78, 5) is 11.4. The van der Waals surface area contributed by atoms with Crippen molar-refractivity contribution in [2.75, 3.05) is 13.7 Å². The average molecular weight is 240 g/mol. The maximum Gasteiger partial charge on any atom is 0.220 e. The summed E-state index contributed by atoms with van der Waals surface area (Å²) >= 11 is 0. The highest BCUT2D eigenvalue weighted by Crippen LogP contribution is 1.96. The molecule has 0 bridgehead atoms. The zero-order valence-corrected chi connectivity index (χ0v) is 10.5. The maximum atomic E-state index is 11.4. The number of amides is 1. The molecule has 0 unspecified atom stereocenters. The number of nitrogens with zero attached hydrogens (tertiary/aromatic N) is 3. The average Bonchev–Trinajstić information content (AvgIpc) is 2.79. The van der Waals surface area contributed by atoms with Gasteiger partial charge in [-0.25, -0.2) is 4.68 Å². The molecule has 0 spiro atoms. The molecule has 1 N–H and O–H groups in total. The van der Waals surface area contributed by atoms with Gasteiger partial charge >= 0.3 is 0 Å². The first-order valence-corrected chi connectivity index (χ1v) is 5.91. The molecule has 1 heterocycles. The van der Waals surface area contributed by atoms with Crippen LogP contribution >= 0.6 is 0 Å². The van der Waals surface area contributed by atoms with Crippen LogP contribution in [0.3, 0.4) is 0 Å². The quantitative estimate of drug-likeness (QED) is 0.727. The van der Waals surface area contributed by atoms with Gasteiger partial charge in [0.05, 0.1) is 25.9 Å². The third-order valence-electron chi connectivity index (χ3n) is 2.33. The summed E-state index contributed by atoms with van der Waals surface area (Å²) in [6, 6.07) is 0. The van der Waals surface area contributed by atoms with Crippen LogP contribution in [0.15, 0.2) is 6.20 Å². The minimum Gasteiger partial charge on any atom is -0.383 e. The second-order valence-electron chi connectivity index (χ2n) is 3.85. The van der Waals surface area contributed by atoms with Crippen molar-refractivity contribution in [3.8, 4) is 0 Å². The van der Waals surface area contributed by atoms with Gasteiger partial charge in [0.15, 0.2) is 0 Å². The molecule has 0 aliphatic carbocycles. The maximum absolute atomic E-state index is 11.4. The normalized spacial score (nSPS) is 10.5. The molecule has 0 radical (unpaired) electrons. The van der Waals surface area contributed by atoms with E-state index in [1.807, 2.05) is 6.20 Å². The van der Waals surface area contributed by atoms with Gasteiger partial charge < -0.3 is 10.1 Å². The first-order valence-electron chi connectivity index (χ1n) is 5.91. The Hall–Kier alpha value is -1.43. The number of unbranched alkanes of at least 4 members (excludes halogenated alkanes) is 1. The number of carbonyl (C=O) groups excluding carboxylic acids is 1. The van der Waals surface area contributed by atoms with Gasteiger partial charge in [-0.3, -0.25) is 4.79 Å². The molecule has 6 heteroatoms. The van der Waals surface area contributed by atoms with Crippen LogP contribution in [-0.4, -0.2) is 34.6 Å². The smallest absolute Gasteiger partial charge is 0.220 e. The van der Waals surface area contributed by atoms with Crippen LogP contribution in [0.25, 0.3) is 0 Å². The molecule has 96 valence electrons. The predicted octanol–water partition coefficient (Wildman–Crippen LogP) is 0.731. The van der Waals surface area contributed by atoms with Crippen molar-refractivity contribution in [1.29, 1.82) is 0 Å². The molecule has 0 aliphatic rings. The molecule has 1 aromatic rings. The minimum atomic E-state index is 0.0679. The van der Waals surface area contributed by atoms with Crippen molar-refractivity contribution in [3.05, 3.63) is 11.9 Å². The lowest BCUT2D eigenvalue weighted by molar-refractivity contribution is -0.121. The SMILES string of the molecule is CCCCC(=O)NCc1cn(CCOC)nn1. The van der Waals surface area contributed by atoms with Crippen LogP contribution < -0.4 is 5.32 Å². The summed E-state index contributed by atoms with van der Waals surface area (Å²) in [6.07, 6.45) is 4.35. The standard InChI is InChI=1S/C11H20N4O2/c1-3-4-5-11(16)12-8-10-9-15(14-13-10)6-7-17-2/h9H,3-8H2,1-2H3,(H,12,16). The van der Waals surface area contributed by atoms with Gasteiger partial charge in [-0.2, -0.15) is 0 Å². The van der Waals surface area contributed by atoms with E-state index in [2.05, 4.69) is 22.6 Å². The van der Waals surface area contributed by atoms with Crippen molar-refractivity contribution in [2.45, 2.75) is 39.3 Å². The number of carbonyl (C=O) groups is 1. The monoisotopic (exact) mass is 240 g/mol. The number of aromatic nitrogens is 3. The second-order valence-corrected chi connectivity index (χ2v) is 3.85. The summed E-state index contributed by atoms with van der Waals surface area (Å²) < 4.78 is 6.64. The summed E-state index contributed by atoms with van der Waals surface area (Å²) in [5.41, 5.74) is 0.769. The topological polar surface area (TPSA) is 69.0 Å². The molecule has 0 fully saturated rings. The van der Waals surface area contributed by atoms with Crippen LogP contribution in [0.5, 0.6) is 0 Å². The Morgan fingerprint density at radius 3 is 3.12 bits per heavy atom. The largest absolute Gasteiger partial charge is 0.383 e. The van der Waals surface area contributed by atoms with Gasteiger partial charge in [0.25, 0.3) is 0 Å². The van der Waals surface area contributed by atoms with E-state index >= 15 is 0 Å². The van der Waals surface area contributed by atoms with Crippen molar-refractivity contribution >= 4 is 5.91 Å². The van der Waals surface area contributed by atoms with Gasteiger partial charge in [-0.15, -0.1) is 5.10 Å². The number of hydrogen-bond acceptors (Lipinski definition) is 4. The van der Waals surface area contributed by atoms with E-state index in [4.69, 9.17) is 4.74 Å². The number of rotatable bonds is 8. The third kappa shape index (κ3) is 5.44. The molecule has 1 aromatic heterocycles. The predicted molar refractivity (Wildman–Crippen MR) is 63.3 cm³/mol. The van der Waals surface area contributed by atoms with E-state index in [0.717, 1.165) is 18.5 Å². The van der Waals surface area contributed by atoms with Crippen LogP contribution in [-0.2, 0) is 22.6 Å². The minimum absolute atomic E-state index is 0.0679. The Morgan fingerprint density at radius 1 is 1.59 bits per heavy atom. The second kappa shape index (κ2) is 7.78. The summed E-state index contributed by atoms with van der Waals surface area (Å²) in [6.45, 7) is 3.78. The zero-order chi connectivity index (χ0) is 12.5. The molecule has 0 saturated carbocycles. The lowest BCUT2D eigenvalue weighted by Gasteiger charge is -2.01. The number of methoxy groups -OCH3 is 1. The van der Waals surface area contributed by atoms with E-state index in [1.165, 1.54) is 0 Å². The van der Waals surface area contributed by atoms with Gasteiger partial charge in [0.2, 0.25) is 5.91 Å². The summed E-state index contributed by atoms with van der Waals surface area (Å²) in [5.74, 6) is 0.0679. The Balaban J connectivity index is 2.26. The molecule has 0 aliphatic heterocycles. The molecular weight excluding hydrogens is 220 g/mol. The lowest BCUT2D eigenvalue weighted by Crippen LogP contribution is -2.22.